The van der Waals surface area contributed by atoms with Crippen molar-refractivity contribution in [2.24, 2.45) is 29.6 Å². The molecular weight excluding hydrogens is 275 g/mol. The van der Waals surface area contributed by atoms with Gasteiger partial charge >= 0.3 is 6.18 Å². The van der Waals surface area contributed by atoms with Crippen LogP contribution in [0.15, 0.2) is 0 Å². The van der Waals surface area contributed by atoms with Gasteiger partial charge in [-0.05, 0) is 75.0 Å². The number of rotatable bonds is 2. The molecule has 4 aliphatic carbocycles. The van der Waals surface area contributed by atoms with E-state index in [2.05, 4.69) is 5.32 Å². The second-order valence-corrected chi connectivity index (χ2v) is 8.02. The van der Waals surface area contributed by atoms with Crippen molar-refractivity contribution in [1.82, 2.24) is 5.32 Å². The summed E-state index contributed by atoms with van der Waals surface area (Å²) in [7, 11) is 0. The quantitative estimate of drug-likeness (QED) is 0.790. The molecule has 120 valence electrons. The highest BCUT2D eigenvalue weighted by Crippen LogP contribution is 2.58. The van der Waals surface area contributed by atoms with E-state index in [4.69, 9.17) is 0 Å². The SMILES string of the molecule is FC(F)(F)C1CCC(NC2CC3CC2C2CCCC32)CC1. The van der Waals surface area contributed by atoms with Crippen LogP contribution in [0, 0.1) is 29.6 Å². The molecule has 21 heavy (non-hydrogen) atoms. The molecule has 0 aromatic heterocycles. The molecule has 2 bridgehead atoms. The molecule has 0 spiro atoms. The summed E-state index contributed by atoms with van der Waals surface area (Å²) in [6.07, 6.45) is 5.05. The van der Waals surface area contributed by atoms with Gasteiger partial charge in [0, 0.05) is 12.1 Å². The van der Waals surface area contributed by atoms with Gasteiger partial charge in [0.15, 0.2) is 0 Å². The average molecular weight is 301 g/mol. The molecule has 5 unspecified atom stereocenters. The lowest BCUT2D eigenvalue weighted by Crippen LogP contribution is -2.46. The van der Waals surface area contributed by atoms with Gasteiger partial charge in [0.05, 0.1) is 5.92 Å². The third-order valence-corrected chi connectivity index (χ3v) is 7.07. The molecule has 4 aliphatic rings. The van der Waals surface area contributed by atoms with Crippen molar-refractivity contribution < 1.29 is 13.2 Å². The zero-order valence-electron chi connectivity index (χ0n) is 12.5. The molecule has 0 aliphatic heterocycles. The standard InChI is InChI=1S/C17H26F3N/c18-17(19,20)11-4-6-12(7-5-11)21-16-9-10-8-15(16)14-3-1-2-13(10)14/h10-16,21H,1-9H2. The molecule has 4 heteroatoms. The van der Waals surface area contributed by atoms with E-state index in [0.717, 1.165) is 23.7 Å². The monoisotopic (exact) mass is 301 g/mol. The van der Waals surface area contributed by atoms with Crippen LogP contribution < -0.4 is 5.32 Å². The van der Waals surface area contributed by atoms with E-state index >= 15 is 0 Å². The summed E-state index contributed by atoms with van der Waals surface area (Å²) in [4.78, 5) is 0. The smallest absolute Gasteiger partial charge is 0.311 e. The maximum Gasteiger partial charge on any atom is 0.391 e. The Labute approximate surface area is 125 Å². The second kappa shape index (κ2) is 5.14. The average Bonchev–Trinajstić information content (AvgIpc) is 3.10. The zero-order chi connectivity index (χ0) is 14.6. The van der Waals surface area contributed by atoms with E-state index in [1.54, 1.807) is 0 Å². The molecule has 0 saturated heterocycles. The Kier molecular flexibility index (Phi) is 3.51. The maximum absolute atomic E-state index is 12.7. The van der Waals surface area contributed by atoms with Gasteiger partial charge in [0.25, 0.3) is 0 Å². The topological polar surface area (TPSA) is 12.0 Å². The fourth-order valence-corrected chi connectivity index (χ4v) is 6.15. The second-order valence-electron chi connectivity index (χ2n) is 8.02. The number of fused-ring (bicyclic) bond motifs is 5. The fraction of sp³-hybridized carbons (Fsp3) is 1.00. The largest absolute Gasteiger partial charge is 0.391 e. The van der Waals surface area contributed by atoms with Crippen LogP contribution in [0.5, 0.6) is 0 Å². The van der Waals surface area contributed by atoms with Crippen molar-refractivity contribution in [3.63, 3.8) is 0 Å². The van der Waals surface area contributed by atoms with Gasteiger partial charge in [0.1, 0.15) is 0 Å². The van der Waals surface area contributed by atoms with E-state index < -0.39 is 12.1 Å². The van der Waals surface area contributed by atoms with Crippen LogP contribution in [-0.2, 0) is 0 Å². The van der Waals surface area contributed by atoms with Crippen molar-refractivity contribution in [1.29, 1.82) is 0 Å². The van der Waals surface area contributed by atoms with Crippen molar-refractivity contribution in [3.8, 4) is 0 Å². The van der Waals surface area contributed by atoms with Crippen LogP contribution in [0.1, 0.15) is 57.8 Å². The Bertz CT molecular complexity index is 386. The number of alkyl halides is 3. The molecule has 1 N–H and O–H groups in total. The summed E-state index contributed by atoms with van der Waals surface area (Å²) in [5.41, 5.74) is 0. The lowest BCUT2D eigenvalue weighted by Gasteiger charge is -2.37. The Morgan fingerprint density at radius 2 is 1.48 bits per heavy atom. The van der Waals surface area contributed by atoms with Crippen molar-refractivity contribution in [3.05, 3.63) is 0 Å². The minimum Gasteiger partial charge on any atom is -0.311 e. The van der Waals surface area contributed by atoms with Crippen LogP contribution >= 0.6 is 0 Å². The van der Waals surface area contributed by atoms with Crippen molar-refractivity contribution in [2.45, 2.75) is 76.0 Å². The van der Waals surface area contributed by atoms with Gasteiger partial charge in [-0.2, -0.15) is 13.2 Å². The lowest BCUT2D eigenvalue weighted by molar-refractivity contribution is -0.182. The molecule has 5 atom stereocenters. The van der Waals surface area contributed by atoms with Gasteiger partial charge in [-0.25, -0.2) is 0 Å². The summed E-state index contributed by atoms with van der Waals surface area (Å²) in [6.45, 7) is 0. The first-order valence-corrected chi connectivity index (χ1v) is 8.85. The Morgan fingerprint density at radius 3 is 2.19 bits per heavy atom. The summed E-state index contributed by atoms with van der Waals surface area (Å²) in [6, 6.07) is 0.953. The van der Waals surface area contributed by atoms with Gasteiger partial charge in [0.2, 0.25) is 0 Å². The summed E-state index contributed by atoms with van der Waals surface area (Å²) in [5.74, 6) is 2.64. The summed E-state index contributed by atoms with van der Waals surface area (Å²) >= 11 is 0. The first kappa shape index (κ1) is 14.3. The zero-order valence-corrected chi connectivity index (χ0v) is 12.5. The molecule has 0 aromatic carbocycles. The highest BCUT2D eigenvalue weighted by Gasteiger charge is 2.54. The number of hydrogen-bond donors (Lipinski definition) is 1. The van der Waals surface area contributed by atoms with Crippen LogP contribution in [-0.4, -0.2) is 18.3 Å². The number of hydrogen-bond acceptors (Lipinski definition) is 1. The van der Waals surface area contributed by atoms with E-state index in [1.807, 2.05) is 0 Å². The van der Waals surface area contributed by atoms with E-state index in [-0.39, 0.29) is 0 Å². The molecule has 4 fully saturated rings. The van der Waals surface area contributed by atoms with Crippen LogP contribution in [0.25, 0.3) is 0 Å². The van der Waals surface area contributed by atoms with E-state index in [1.165, 1.54) is 32.1 Å². The minimum absolute atomic E-state index is 0.327. The van der Waals surface area contributed by atoms with Crippen LogP contribution in [0.3, 0.4) is 0 Å². The molecule has 4 rings (SSSR count). The summed E-state index contributed by atoms with van der Waals surface area (Å²) in [5, 5.41) is 3.77. The molecule has 0 amide bonds. The third-order valence-electron chi connectivity index (χ3n) is 7.07. The fourth-order valence-electron chi connectivity index (χ4n) is 6.15. The third kappa shape index (κ3) is 2.51. The predicted octanol–water partition coefficient (Wildman–Crippen LogP) is 4.52. The first-order valence-electron chi connectivity index (χ1n) is 8.85. The highest BCUT2D eigenvalue weighted by molar-refractivity contribution is 5.06. The number of nitrogens with one attached hydrogen (secondary N) is 1. The van der Waals surface area contributed by atoms with Gasteiger partial charge in [-0.15, -0.1) is 0 Å². The molecule has 0 aromatic rings. The Balaban J connectivity index is 1.31. The minimum atomic E-state index is -3.98. The van der Waals surface area contributed by atoms with Crippen molar-refractivity contribution in [2.75, 3.05) is 0 Å². The molecular formula is C17H26F3N. The molecule has 0 radical (unpaired) electrons. The summed E-state index contributed by atoms with van der Waals surface area (Å²) < 4.78 is 38.2. The normalized spacial score (nSPS) is 49.6. The molecule has 1 nitrogen and oxygen atoms in total. The van der Waals surface area contributed by atoms with Gasteiger partial charge in [-0.1, -0.05) is 6.42 Å². The predicted molar refractivity (Wildman–Crippen MR) is 75.8 cm³/mol. The highest BCUT2D eigenvalue weighted by atomic mass is 19.4. The lowest BCUT2D eigenvalue weighted by atomic mass is 9.78. The molecule has 4 saturated carbocycles. The molecule has 0 heterocycles. The first-order chi connectivity index (χ1) is 10.0. The Morgan fingerprint density at radius 1 is 0.762 bits per heavy atom. The van der Waals surface area contributed by atoms with Crippen LogP contribution in [0.2, 0.25) is 0 Å². The van der Waals surface area contributed by atoms with Crippen molar-refractivity contribution >= 4 is 0 Å². The van der Waals surface area contributed by atoms with E-state index in [0.29, 0.717) is 37.8 Å². The Hall–Kier alpha value is -0.250. The maximum atomic E-state index is 12.7. The number of halogens is 3. The van der Waals surface area contributed by atoms with Gasteiger partial charge < -0.3 is 5.32 Å². The van der Waals surface area contributed by atoms with E-state index in [9.17, 15) is 13.2 Å². The van der Waals surface area contributed by atoms with Crippen LogP contribution in [0.4, 0.5) is 13.2 Å². The van der Waals surface area contributed by atoms with Gasteiger partial charge in [-0.3, -0.25) is 0 Å².